The van der Waals surface area contributed by atoms with Crippen molar-refractivity contribution < 1.29 is 9.53 Å². The highest BCUT2D eigenvalue weighted by molar-refractivity contribution is 6.05. The predicted molar refractivity (Wildman–Crippen MR) is 126 cm³/mol. The molecule has 0 atom stereocenters. The Morgan fingerprint density at radius 1 is 1.03 bits per heavy atom. The minimum absolute atomic E-state index is 0.154. The molecule has 3 heterocycles. The third-order valence-electron chi connectivity index (χ3n) is 6.15. The van der Waals surface area contributed by atoms with Gasteiger partial charge in [-0.05, 0) is 85.7 Å². The third kappa shape index (κ3) is 4.01. The second kappa shape index (κ2) is 8.55. The molecule has 1 saturated heterocycles. The molecule has 2 N–H and O–H groups in total. The van der Waals surface area contributed by atoms with Gasteiger partial charge in [0.15, 0.2) is 0 Å². The van der Waals surface area contributed by atoms with Gasteiger partial charge < -0.3 is 15.0 Å². The monoisotopic (exact) mass is 426 g/mol. The Hall–Kier alpha value is -3.51. The van der Waals surface area contributed by atoms with Crippen molar-refractivity contribution in [3.8, 4) is 11.1 Å². The number of aryl methyl sites for hydroxylation is 2. The van der Waals surface area contributed by atoms with Crippen LogP contribution in [0.2, 0.25) is 0 Å². The number of nitrogens with zero attached hydrogens (tertiary/aromatic N) is 2. The van der Waals surface area contributed by atoms with Gasteiger partial charge in [0, 0.05) is 42.4 Å². The number of aromatic amines is 1. The first kappa shape index (κ1) is 20.4. The van der Waals surface area contributed by atoms with Crippen LogP contribution < -0.4 is 5.32 Å². The summed E-state index contributed by atoms with van der Waals surface area (Å²) in [6.45, 7) is 5.68. The molecule has 0 radical (unpaired) electrons. The van der Waals surface area contributed by atoms with Gasteiger partial charge in [-0.2, -0.15) is 0 Å². The highest BCUT2D eigenvalue weighted by Crippen LogP contribution is 2.37. The normalized spacial score (nSPS) is 14.6. The molecule has 162 valence electrons. The number of pyridine rings is 1. The van der Waals surface area contributed by atoms with Gasteiger partial charge in [-0.1, -0.05) is 6.07 Å². The van der Waals surface area contributed by atoms with E-state index in [2.05, 4.69) is 34.3 Å². The summed E-state index contributed by atoms with van der Waals surface area (Å²) < 4.78 is 5.57. The van der Waals surface area contributed by atoms with E-state index < -0.39 is 0 Å². The van der Waals surface area contributed by atoms with Crippen molar-refractivity contribution in [3.63, 3.8) is 0 Å². The lowest BCUT2D eigenvalue weighted by Crippen LogP contribution is -2.14. The van der Waals surface area contributed by atoms with Gasteiger partial charge in [0.1, 0.15) is 5.82 Å². The standard InChI is InChI=1S/C26H26N4O2/c1-16-3-4-21(30-26(31)19-5-9-27-10-6-19)15-22(16)23-13-20(18-7-11-32-12-8-18)14-24-25(23)29-17(2)28-24/h3-6,9-10,13-15,18H,7-8,11-12H2,1-2H3,(H,28,29)(H,30,31). The maximum Gasteiger partial charge on any atom is 0.255 e. The number of rotatable bonds is 4. The summed E-state index contributed by atoms with van der Waals surface area (Å²) in [5.74, 6) is 1.22. The van der Waals surface area contributed by atoms with Gasteiger partial charge in [0.25, 0.3) is 5.91 Å². The molecule has 0 bridgehead atoms. The van der Waals surface area contributed by atoms with E-state index in [1.807, 2.05) is 25.1 Å². The van der Waals surface area contributed by atoms with E-state index in [0.29, 0.717) is 11.5 Å². The van der Waals surface area contributed by atoms with E-state index in [-0.39, 0.29) is 5.91 Å². The predicted octanol–water partition coefficient (Wildman–Crippen LogP) is 5.39. The van der Waals surface area contributed by atoms with Gasteiger partial charge in [-0.3, -0.25) is 9.78 Å². The minimum Gasteiger partial charge on any atom is -0.381 e. The van der Waals surface area contributed by atoms with Crippen LogP contribution in [0.3, 0.4) is 0 Å². The lowest BCUT2D eigenvalue weighted by atomic mass is 9.88. The lowest BCUT2D eigenvalue weighted by Gasteiger charge is -2.23. The zero-order valence-corrected chi connectivity index (χ0v) is 18.3. The van der Waals surface area contributed by atoms with Gasteiger partial charge >= 0.3 is 0 Å². The van der Waals surface area contributed by atoms with Crippen LogP contribution in [0.25, 0.3) is 22.2 Å². The van der Waals surface area contributed by atoms with Crippen molar-refractivity contribution in [2.24, 2.45) is 0 Å². The van der Waals surface area contributed by atoms with Crippen LogP contribution in [-0.4, -0.2) is 34.1 Å². The summed E-state index contributed by atoms with van der Waals surface area (Å²) in [6, 6.07) is 13.9. The van der Waals surface area contributed by atoms with Crippen LogP contribution in [0.15, 0.2) is 54.9 Å². The molecule has 5 rings (SSSR count). The fraction of sp³-hybridized carbons (Fsp3) is 0.269. The number of H-pyrrole nitrogens is 1. The molecule has 2 aromatic carbocycles. The van der Waals surface area contributed by atoms with Crippen molar-refractivity contribution in [1.29, 1.82) is 0 Å². The summed E-state index contributed by atoms with van der Waals surface area (Å²) in [6.07, 6.45) is 5.29. The summed E-state index contributed by atoms with van der Waals surface area (Å²) >= 11 is 0. The number of hydrogen-bond acceptors (Lipinski definition) is 4. The van der Waals surface area contributed by atoms with E-state index in [4.69, 9.17) is 9.72 Å². The first-order chi connectivity index (χ1) is 15.6. The van der Waals surface area contributed by atoms with Gasteiger partial charge in [0.05, 0.1) is 11.0 Å². The van der Waals surface area contributed by atoms with Crippen molar-refractivity contribution in [3.05, 3.63) is 77.4 Å². The molecule has 6 nitrogen and oxygen atoms in total. The molecule has 1 aliphatic rings. The van der Waals surface area contributed by atoms with E-state index in [1.165, 1.54) is 5.56 Å². The molecule has 32 heavy (non-hydrogen) atoms. The number of nitrogens with one attached hydrogen (secondary N) is 2. The smallest absolute Gasteiger partial charge is 0.255 e. The van der Waals surface area contributed by atoms with Crippen molar-refractivity contribution in [2.75, 3.05) is 18.5 Å². The first-order valence-electron chi connectivity index (χ1n) is 11.0. The fourth-order valence-corrected chi connectivity index (χ4v) is 4.43. The summed E-state index contributed by atoms with van der Waals surface area (Å²) in [5.41, 5.74) is 7.95. The molecule has 0 unspecified atom stereocenters. The number of carbonyl (C=O) groups excluding carboxylic acids is 1. The minimum atomic E-state index is -0.154. The lowest BCUT2D eigenvalue weighted by molar-refractivity contribution is 0.0853. The van der Waals surface area contributed by atoms with Crippen molar-refractivity contribution in [1.82, 2.24) is 15.0 Å². The molecule has 6 heteroatoms. The number of imidazole rings is 1. The SMILES string of the molecule is Cc1nc2c(-c3cc(NC(=O)c4ccncc4)ccc3C)cc(C3CCOCC3)cc2[nH]1. The van der Waals surface area contributed by atoms with E-state index in [1.54, 1.807) is 24.5 Å². The second-order valence-corrected chi connectivity index (χ2v) is 8.39. The Bertz CT molecular complexity index is 1270. The fourth-order valence-electron chi connectivity index (χ4n) is 4.43. The zero-order chi connectivity index (χ0) is 22.1. The first-order valence-corrected chi connectivity index (χ1v) is 11.0. The molecule has 2 aromatic heterocycles. The number of amides is 1. The Morgan fingerprint density at radius 3 is 2.59 bits per heavy atom. The maximum atomic E-state index is 12.7. The van der Waals surface area contributed by atoms with E-state index in [9.17, 15) is 4.79 Å². The highest BCUT2D eigenvalue weighted by Gasteiger charge is 2.20. The van der Waals surface area contributed by atoms with Crippen LogP contribution in [0, 0.1) is 13.8 Å². The van der Waals surface area contributed by atoms with Crippen LogP contribution in [0.1, 0.15) is 46.1 Å². The molecule has 1 amide bonds. The summed E-state index contributed by atoms with van der Waals surface area (Å²) in [7, 11) is 0. The van der Waals surface area contributed by atoms with E-state index in [0.717, 1.165) is 65.3 Å². The van der Waals surface area contributed by atoms with Gasteiger partial charge in [-0.25, -0.2) is 4.98 Å². The zero-order valence-electron chi connectivity index (χ0n) is 18.3. The Labute approximate surface area is 187 Å². The van der Waals surface area contributed by atoms with Crippen LogP contribution in [-0.2, 0) is 4.74 Å². The molecule has 4 aromatic rings. The second-order valence-electron chi connectivity index (χ2n) is 8.39. The highest BCUT2D eigenvalue weighted by atomic mass is 16.5. The average Bonchev–Trinajstić information content (AvgIpc) is 3.21. The van der Waals surface area contributed by atoms with Crippen LogP contribution in [0.4, 0.5) is 5.69 Å². The quantitative estimate of drug-likeness (QED) is 0.459. The van der Waals surface area contributed by atoms with E-state index >= 15 is 0 Å². The number of anilines is 1. The number of carbonyl (C=O) groups is 1. The molecule has 0 spiro atoms. The Morgan fingerprint density at radius 2 is 1.81 bits per heavy atom. The molecule has 1 aliphatic heterocycles. The number of aromatic nitrogens is 3. The number of hydrogen-bond donors (Lipinski definition) is 2. The largest absolute Gasteiger partial charge is 0.381 e. The Kier molecular flexibility index (Phi) is 5.45. The van der Waals surface area contributed by atoms with Crippen molar-refractivity contribution in [2.45, 2.75) is 32.6 Å². The van der Waals surface area contributed by atoms with Crippen LogP contribution >= 0.6 is 0 Å². The maximum absolute atomic E-state index is 12.7. The summed E-state index contributed by atoms with van der Waals surface area (Å²) in [4.78, 5) is 24.8. The van der Waals surface area contributed by atoms with Crippen LogP contribution in [0.5, 0.6) is 0 Å². The molecule has 1 fully saturated rings. The molecular weight excluding hydrogens is 400 g/mol. The molecular formula is C26H26N4O2. The number of ether oxygens (including phenoxy) is 1. The number of fused-ring (bicyclic) bond motifs is 1. The topological polar surface area (TPSA) is 79.9 Å². The molecule has 0 saturated carbocycles. The number of benzene rings is 2. The summed E-state index contributed by atoms with van der Waals surface area (Å²) in [5, 5.41) is 3.02. The molecule has 0 aliphatic carbocycles. The van der Waals surface area contributed by atoms with Gasteiger partial charge in [-0.15, -0.1) is 0 Å². The van der Waals surface area contributed by atoms with Gasteiger partial charge in [0.2, 0.25) is 0 Å². The Balaban J connectivity index is 1.57. The third-order valence-corrected chi connectivity index (χ3v) is 6.15. The van der Waals surface area contributed by atoms with Crippen molar-refractivity contribution >= 4 is 22.6 Å². The average molecular weight is 427 g/mol.